The number of hydrogen-bond donors (Lipinski definition) is 1. The number of amides is 1. The summed E-state index contributed by atoms with van der Waals surface area (Å²) in [5, 5.41) is 2.96. The number of alkyl carbamates (subject to hydrolysis) is 1. The van der Waals surface area contributed by atoms with Gasteiger partial charge in [-0.25, -0.2) is 4.79 Å². The van der Waals surface area contributed by atoms with Gasteiger partial charge in [-0.3, -0.25) is 0 Å². The van der Waals surface area contributed by atoms with E-state index in [1.807, 2.05) is 30.3 Å². The molecule has 0 aliphatic heterocycles. The van der Waals surface area contributed by atoms with Crippen molar-refractivity contribution in [3.63, 3.8) is 0 Å². The Bertz CT molecular complexity index is 777. The Kier molecular flexibility index (Phi) is 4.55. The maximum Gasteiger partial charge on any atom is 0.407 e. The first kappa shape index (κ1) is 16.6. The molecule has 1 spiro atoms. The molecule has 2 aromatic carbocycles. The lowest BCUT2D eigenvalue weighted by Gasteiger charge is -2.27. The molecular formula is C21H22BrNO2. The summed E-state index contributed by atoms with van der Waals surface area (Å²) in [4.78, 5) is 12.0. The predicted molar refractivity (Wildman–Crippen MR) is 101 cm³/mol. The van der Waals surface area contributed by atoms with Crippen LogP contribution in [-0.4, -0.2) is 12.6 Å². The predicted octanol–water partition coefficient (Wildman–Crippen LogP) is 4.97. The summed E-state index contributed by atoms with van der Waals surface area (Å²) in [6.45, 7) is 1.01. The fourth-order valence-electron chi connectivity index (χ4n) is 4.22. The molecule has 1 amide bonds. The number of carbonyl (C=O) groups is 1. The van der Waals surface area contributed by atoms with Crippen molar-refractivity contribution in [1.82, 2.24) is 5.32 Å². The minimum absolute atomic E-state index is 0.268. The lowest BCUT2D eigenvalue weighted by molar-refractivity contribution is 0.139. The summed E-state index contributed by atoms with van der Waals surface area (Å²) in [6, 6.07) is 16.4. The molecular weight excluding hydrogens is 378 g/mol. The molecule has 1 N–H and O–H groups in total. The molecule has 0 radical (unpaired) electrons. The standard InChI is InChI=1S/C21H22BrNO2/c22-18-9-8-16-7-4-10-21(19(16)11-18)12-17(21)13-23-20(24)25-14-15-5-2-1-3-6-15/h1-3,5-6,8-9,11,17H,4,7,10,12-14H2,(H,23,24). The van der Waals surface area contributed by atoms with Crippen LogP contribution >= 0.6 is 15.9 Å². The smallest absolute Gasteiger partial charge is 0.407 e. The molecule has 130 valence electrons. The van der Waals surface area contributed by atoms with E-state index in [-0.39, 0.29) is 11.5 Å². The van der Waals surface area contributed by atoms with Gasteiger partial charge < -0.3 is 10.1 Å². The van der Waals surface area contributed by atoms with Crippen LogP contribution in [0.25, 0.3) is 0 Å². The Morgan fingerprint density at radius 3 is 2.92 bits per heavy atom. The van der Waals surface area contributed by atoms with Gasteiger partial charge >= 0.3 is 6.09 Å². The molecule has 0 bridgehead atoms. The number of nitrogens with one attached hydrogen (secondary N) is 1. The first-order valence-corrected chi connectivity index (χ1v) is 9.70. The van der Waals surface area contributed by atoms with Gasteiger partial charge in [-0.15, -0.1) is 0 Å². The van der Waals surface area contributed by atoms with E-state index in [0.717, 1.165) is 16.5 Å². The van der Waals surface area contributed by atoms with Gasteiger partial charge in [-0.1, -0.05) is 52.3 Å². The Hall–Kier alpha value is -1.81. The quantitative estimate of drug-likeness (QED) is 0.787. The fraction of sp³-hybridized carbons (Fsp3) is 0.381. The SMILES string of the molecule is O=C(NCC1CC12CCCc1ccc(Br)cc12)OCc1ccccc1. The molecule has 4 heteroatoms. The normalized spacial score (nSPS) is 23.8. The monoisotopic (exact) mass is 399 g/mol. The van der Waals surface area contributed by atoms with Crippen molar-refractivity contribution in [3.8, 4) is 0 Å². The number of aryl methyl sites for hydroxylation is 1. The second-order valence-electron chi connectivity index (χ2n) is 7.15. The Morgan fingerprint density at radius 1 is 1.24 bits per heavy atom. The molecule has 2 atom stereocenters. The van der Waals surface area contributed by atoms with E-state index in [1.54, 1.807) is 0 Å². The average molecular weight is 400 g/mol. The van der Waals surface area contributed by atoms with E-state index in [4.69, 9.17) is 4.74 Å². The summed E-state index contributed by atoms with van der Waals surface area (Å²) < 4.78 is 6.46. The van der Waals surface area contributed by atoms with Gasteiger partial charge in [-0.05, 0) is 60.4 Å². The number of carbonyl (C=O) groups excluding carboxylic acids is 1. The van der Waals surface area contributed by atoms with Crippen molar-refractivity contribution in [3.05, 3.63) is 69.7 Å². The summed E-state index contributed by atoms with van der Waals surface area (Å²) in [5.41, 5.74) is 4.23. The number of rotatable bonds is 4. The van der Waals surface area contributed by atoms with Crippen LogP contribution < -0.4 is 5.32 Å². The third-order valence-electron chi connectivity index (χ3n) is 5.61. The molecule has 1 saturated carbocycles. The van der Waals surface area contributed by atoms with E-state index in [0.29, 0.717) is 19.1 Å². The van der Waals surface area contributed by atoms with Crippen LogP contribution in [0, 0.1) is 5.92 Å². The fourth-order valence-corrected chi connectivity index (χ4v) is 4.59. The number of hydrogen-bond acceptors (Lipinski definition) is 2. The highest BCUT2D eigenvalue weighted by Crippen LogP contribution is 2.60. The lowest BCUT2D eigenvalue weighted by atomic mass is 9.78. The first-order valence-electron chi connectivity index (χ1n) is 8.91. The minimum atomic E-state index is -0.323. The van der Waals surface area contributed by atoms with Crippen molar-refractivity contribution in [2.24, 2.45) is 5.92 Å². The molecule has 0 aromatic heterocycles. The molecule has 2 aliphatic rings. The van der Waals surface area contributed by atoms with Crippen molar-refractivity contribution < 1.29 is 9.53 Å². The van der Waals surface area contributed by atoms with E-state index in [9.17, 15) is 4.79 Å². The van der Waals surface area contributed by atoms with Crippen LogP contribution in [0.3, 0.4) is 0 Å². The van der Waals surface area contributed by atoms with Gasteiger partial charge in [0.25, 0.3) is 0 Å². The maximum atomic E-state index is 12.0. The third-order valence-corrected chi connectivity index (χ3v) is 6.11. The number of halogens is 1. The molecule has 25 heavy (non-hydrogen) atoms. The lowest BCUT2D eigenvalue weighted by Crippen LogP contribution is -2.29. The summed E-state index contributed by atoms with van der Waals surface area (Å²) >= 11 is 3.60. The molecule has 2 aliphatic carbocycles. The summed E-state index contributed by atoms with van der Waals surface area (Å²) in [7, 11) is 0. The van der Waals surface area contributed by atoms with Crippen LogP contribution in [0.1, 0.15) is 36.0 Å². The molecule has 1 fully saturated rings. The zero-order valence-corrected chi connectivity index (χ0v) is 15.7. The second-order valence-corrected chi connectivity index (χ2v) is 8.07. The van der Waals surface area contributed by atoms with Crippen LogP contribution in [0.2, 0.25) is 0 Å². The van der Waals surface area contributed by atoms with E-state index in [1.165, 1.54) is 30.4 Å². The Labute approximate surface area is 156 Å². The molecule has 0 heterocycles. The first-order chi connectivity index (χ1) is 12.2. The minimum Gasteiger partial charge on any atom is -0.445 e. The molecule has 2 unspecified atom stereocenters. The highest BCUT2D eigenvalue weighted by Gasteiger charge is 2.56. The Balaban J connectivity index is 1.32. The maximum absolute atomic E-state index is 12.0. The van der Waals surface area contributed by atoms with Crippen LogP contribution in [-0.2, 0) is 23.2 Å². The van der Waals surface area contributed by atoms with Gasteiger partial charge in [-0.2, -0.15) is 0 Å². The largest absolute Gasteiger partial charge is 0.445 e. The highest BCUT2D eigenvalue weighted by atomic mass is 79.9. The number of benzene rings is 2. The van der Waals surface area contributed by atoms with E-state index in [2.05, 4.69) is 39.4 Å². The molecule has 4 rings (SSSR count). The van der Waals surface area contributed by atoms with Gasteiger partial charge in [0.05, 0.1) is 0 Å². The van der Waals surface area contributed by atoms with Crippen LogP contribution in [0.4, 0.5) is 4.79 Å². The third kappa shape index (κ3) is 3.45. The van der Waals surface area contributed by atoms with Gasteiger partial charge in [0.1, 0.15) is 6.61 Å². The van der Waals surface area contributed by atoms with Gasteiger partial charge in [0, 0.05) is 16.4 Å². The topological polar surface area (TPSA) is 38.3 Å². The zero-order chi connectivity index (χ0) is 17.3. The number of fused-ring (bicyclic) bond motifs is 2. The van der Waals surface area contributed by atoms with E-state index < -0.39 is 0 Å². The summed E-state index contributed by atoms with van der Waals surface area (Å²) in [6.07, 6.45) is 4.47. The number of ether oxygens (including phenoxy) is 1. The molecule has 0 saturated heterocycles. The second kappa shape index (κ2) is 6.83. The highest BCUT2D eigenvalue weighted by molar-refractivity contribution is 9.10. The van der Waals surface area contributed by atoms with E-state index >= 15 is 0 Å². The zero-order valence-electron chi connectivity index (χ0n) is 14.1. The van der Waals surface area contributed by atoms with Gasteiger partial charge in [0.2, 0.25) is 0 Å². The van der Waals surface area contributed by atoms with Crippen molar-refractivity contribution in [1.29, 1.82) is 0 Å². The molecule has 3 nitrogen and oxygen atoms in total. The van der Waals surface area contributed by atoms with Crippen molar-refractivity contribution in [2.75, 3.05) is 6.54 Å². The van der Waals surface area contributed by atoms with Crippen molar-refractivity contribution in [2.45, 2.75) is 37.7 Å². The van der Waals surface area contributed by atoms with Crippen LogP contribution in [0.5, 0.6) is 0 Å². The van der Waals surface area contributed by atoms with Crippen molar-refractivity contribution >= 4 is 22.0 Å². The van der Waals surface area contributed by atoms with Gasteiger partial charge in [0.15, 0.2) is 0 Å². The molecule has 2 aromatic rings. The average Bonchev–Trinajstić information content (AvgIpc) is 3.33. The van der Waals surface area contributed by atoms with Crippen LogP contribution in [0.15, 0.2) is 53.0 Å². The summed E-state index contributed by atoms with van der Waals surface area (Å²) in [5.74, 6) is 0.519. The Morgan fingerprint density at radius 2 is 2.08 bits per heavy atom.